The van der Waals surface area contributed by atoms with E-state index < -0.39 is 0 Å². The number of nitrogens with zero attached hydrogens (tertiary/aromatic N) is 1. The molecular formula is C26H31N3O5. The van der Waals surface area contributed by atoms with E-state index >= 15 is 0 Å². The SMILES string of the molecule is CCC(=O)Nc1ccc2c(c1)C(=O)N(C)[C@@H]1CC[C@@H](CC(=O)NCc3ccccc3)O[C@@H]1CO2. The number of carbonyl (C=O) groups is 3. The third kappa shape index (κ3) is 5.56. The first-order chi connectivity index (χ1) is 16.4. The average Bonchev–Trinajstić information content (AvgIpc) is 2.86. The second-order valence-corrected chi connectivity index (χ2v) is 8.75. The maximum absolute atomic E-state index is 13.2. The molecule has 0 bridgehead atoms. The van der Waals surface area contributed by atoms with E-state index in [1.165, 1.54) is 0 Å². The maximum Gasteiger partial charge on any atom is 0.257 e. The fraction of sp³-hybridized carbons (Fsp3) is 0.423. The number of nitrogens with one attached hydrogen (secondary N) is 2. The fourth-order valence-corrected chi connectivity index (χ4v) is 4.43. The van der Waals surface area contributed by atoms with Crippen LogP contribution in [-0.2, 0) is 20.9 Å². The van der Waals surface area contributed by atoms with Crippen LogP contribution in [0.2, 0.25) is 0 Å². The molecule has 0 spiro atoms. The third-order valence-corrected chi connectivity index (χ3v) is 6.36. The van der Waals surface area contributed by atoms with Gasteiger partial charge in [0.1, 0.15) is 18.5 Å². The minimum Gasteiger partial charge on any atom is -0.490 e. The van der Waals surface area contributed by atoms with Gasteiger partial charge in [0.2, 0.25) is 11.8 Å². The molecule has 2 aromatic carbocycles. The summed E-state index contributed by atoms with van der Waals surface area (Å²) >= 11 is 0. The summed E-state index contributed by atoms with van der Waals surface area (Å²) in [5, 5.41) is 5.73. The molecule has 2 aliphatic heterocycles. The number of likely N-dealkylation sites (N-methyl/N-ethyl adjacent to an activating group) is 1. The van der Waals surface area contributed by atoms with Gasteiger partial charge in [0.25, 0.3) is 5.91 Å². The second kappa shape index (κ2) is 10.7. The molecule has 3 atom stereocenters. The summed E-state index contributed by atoms with van der Waals surface area (Å²) in [6, 6.07) is 14.7. The van der Waals surface area contributed by atoms with Crippen LogP contribution in [0.3, 0.4) is 0 Å². The lowest BCUT2D eigenvalue weighted by atomic mass is 9.94. The zero-order valence-electron chi connectivity index (χ0n) is 19.6. The summed E-state index contributed by atoms with van der Waals surface area (Å²) in [5.74, 6) is 0.0960. The van der Waals surface area contributed by atoms with Crippen molar-refractivity contribution in [2.24, 2.45) is 0 Å². The van der Waals surface area contributed by atoms with E-state index in [2.05, 4.69) is 10.6 Å². The molecule has 2 heterocycles. The van der Waals surface area contributed by atoms with Crippen LogP contribution in [0.25, 0.3) is 0 Å². The number of anilines is 1. The van der Waals surface area contributed by atoms with E-state index in [1.807, 2.05) is 30.3 Å². The number of benzene rings is 2. The Bertz CT molecular complexity index is 1040. The van der Waals surface area contributed by atoms with Gasteiger partial charge in [-0.25, -0.2) is 0 Å². The molecule has 2 aromatic rings. The first kappa shape index (κ1) is 23.8. The predicted octanol–water partition coefficient (Wildman–Crippen LogP) is 3.12. The maximum atomic E-state index is 13.2. The van der Waals surface area contributed by atoms with Crippen molar-refractivity contribution in [2.75, 3.05) is 19.0 Å². The lowest BCUT2D eigenvalue weighted by molar-refractivity contribution is -0.134. The van der Waals surface area contributed by atoms with E-state index in [4.69, 9.17) is 9.47 Å². The van der Waals surface area contributed by atoms with Gasteiger partial charge in [0, 0.05) is 25.7 Å². The van der Waals surface area contributed by atoms with Crippen molar-refractivity contribution in [3.63, 3.8) is 0 Å². The van der Waals surface area contributed by atoms with Crippen LogP contribution in [0.1, 0.15) is 48.5 Å². The Morgan fingerprint density at radius 2 is 1.88 bits per heavy atom. The summed E-state index contributed by atoms with van der Waals surface area (Å²) in [6.07, 6.45) is 1.46. The Labute approximate surface area is 199 Å². The molecule has 0 aliphatic carbocycles. The lowest BCUT2D eigenvalue weighted by Crippen LogP contribution is -2.53. The highest BCUT2D eigenvalue weighted by Crippen LogP contribution is 2.32. The normalized spacial score (nSPS) is 21.9. The molecule has 0 saturated carbocycles. The standard InChI is InChI=1S/C26H31N3O5/c1-3-24(30)28-18-9-12-22-20(13-18)26(32)29(2)21-11-10-19(34-23(21)16-33-22)14-25(31)27-15-17-7-5-4-6-8-17/h4-9,12-13,19,21,23H,3,10-11,14-16H2,1-2H3,(H,27,31)(H,28,30)/t19-,21+,23+/m0/s1. The molecule has 3 amide bonds. The molecule has 1 fully saturated rings. The van der Waals surface area contributed by atoms with Crippen molar-refractivity contribution in [3.8, 4) is 5.75 Å². The number of carbonyl (C=O) groups excluding carboxylic acids is 3. The van der Waals surface area contributed by atoms with Gasteiger partial charge >= 0.3 is 0 Å². The van der Waals surface area contributed by atoms with Crippen LogP contribution in [0, 0.1) is 0 Å². The molecule has 4 rings (SSSR count). The highest BCUT2D eigenvalue weighted by atomic mass is 16.5. The van der Waals surface area contributed by atoms with E-state index in [0.717, 1.165) is 5.56 Å². The largest absolute Gasteiger partial charge is 0.490 e. The van der Waals surface area contributed by atoms with E-state index in [9.17, 15) is 14.4 Å². The Hall–Kier alpha value is -3.39. The van der Waals surface area contributed by atoms with Gasteiger partial charge in [-0.15, -0.1) is 0 Å². The molecule has 1 saturated heterocycles. The van der Waals surface area contributed by atoms with E-state index in [1.54, 1.807) is 37.1 Å². The van der Waals surface area contributed by atoms with E-state index in [0.29, 0.717) is 42.8 Å². The molecule has 8 nitrogen and oxygen atoms in total. The van der Waals surface area contributed by atoms with Crippen molar-refractivity contribution < 1.29 is 23.9 Å². The van der Waals surface area contributed by atoms with Crippen LogP contribution in [0.15, 0.2) is 48.5 Å². The van der Waals surface area contributed by atoms with Crippen LogP contribution in [0.5, 0.6) is 5.75 Å². The number of ether oxygens (including phenoxy) is 2. The van der Waals surface area contributed by atoms with Crippen molar-refractivity contribution >= 4 is 23.4 Å². The predicted molar refractivity (Wildman–Crippen MR) is 128 cm³/mol. The van der Waals surface area contributed by atoms with Crippen LogP contribution in [0.4, 0.5) is 5.69 Å². The number of hydrogen-bond acceptors (Lipinski definition) is 5. The molecule has 8 heteroatoms. The molecule has 0 aromatic heterocycles. The third-order valence-electron chi connectivity index (χ3n) is 6.36. The fourth-order valence-electron chi connectivity index (χ4n) is 4.43. The lowest BCUT2D eigenvalue weighted by Gasteiger charge is -2.42. The van der Waals surface area contributed by atoms with Crippen LogP contribution < -0.4 is 15.4 Å². The van der Waals surface area contributed by atoms with Gasteiger partial charge in [-0.05, 0) is 36.6 Å². The van der Waals surface area contributed by atoms with Gasteiger partial charge < -0.3 is 25.0 Å². The summed E-state index contributed by atoms with van der Waals surface area (Å²) in [4.78, 5) is 39.1. The molecule has 0 unspecified atom stereocenters. The van der Waals surface area contributed by atoms with Gasteiger partial charge in [-0.3, -0.25) is 14.4 Å². The first-order valence-electron chi connectivity index (χ1n) is 11.7. The molecular weight excluding hydrogens is 434 g/mol. The summed E-state index contributed by atoms with van der Waals surface area (Å²) in [5.41, 5.74) is 2.02. The monoisotopic (exact) mass is 465 g/mol. The minimum absolute atomic E-state index is 0.0597. The Morgan fingerprint density at radius 3 is 2.65 bits per heavy atom. The number of hydrogen-bond donors (Lipinski definition) is 2. The Kier molecular flexibility index (Phi) is 7.47. The van der Waals surface area contributed by atoms with Crippen molar-refractivity contribution in [3.05, 3.63) is 59.7 Å². The smallest absolute Gasteiger partial charge is 0.257 e. The van der Waals surface area contributed by atoms with Gasteiger partial charge in [-0.1, -0.05) is 37.3 Å². The van der Waals surface area contributed by atoms with E-state index in [-0.39, 0.29) is 49.0 Å². The van der Waals surface area contributed by atoms with Crippen LogP contribution >= 0.6 is 0 Å². The molecule has 2 N–H and O–H groups in total. The number of fused-ring (bicyclic) bond motifs is 2. The quantitative estimate of drug-likeness (QED) is 0.683. The van der Waals surface area contributed by atoms with Crippen molar-refractivity contribution in [1.29, 1.82) is 0 Å². The highest BCUT2D eigenvalue weighted by Gasteiger charge is 2.39. The summed E-state index contributed by atoms with van der Waals surface area (Å²) in [7, 11) is 1.77. The molecule has 180 valence electrons. The Balaban J connectivity index is 1.39. The topological polar surface area (TPSA) is 97.0 Å². The number of amides is 3. The van der Waals surface area contributed by atoms with Crippen LogP contribution in [-0.4, -0.2) is 54.5 Å². The highest BCUT2D eigenvalue weighted by molar-refractivity contribution is 5.99. The van der Waals surface area contributed by atoms with Crippen molar-refractivity contribution in [2.45, 2.75) is 57.4 Å². The van der Waals surface area contributed by atoms with Gasteiger partial charge in [-0.2, -0.15) is 0 Å². The first-order valence-corrected chi connectivity index (χ1v) is 11.7. The second-order valence-electron chi connectivity index (χ2n) is 8.75. The number of rotatable bonds is 6. The zero-order valence-corrected chi connectivity index (χ0v) is 19.6. The van der Waals surface area contributed by atoms with Gasteiger partial charge in [0.15, 0.2) is 0 Å². The zero-order chi connectivity index (χ0) is 24.1. The Morgan fingerprint density at radius 1 is 1.09 bits per heavy atom. The van der Waals surface area contributed by atoms with Crippen molar-refractivity contribution in [1.82, 2.24) is 10.2 Å². The molecule has 2 aliphatic rings. The molecule has 0 radical (unpaired) electrons. The summed E-state index contributed by atoms with van der Waals surface area (Å²) in [6.45, 7) is 2.53. The average molecular weight is 466 g/mol. The summed E-state index contributed by atoms with van der Waals surface area (Å²) < 4.78 is 12.2. The molecule has 34 heavy (non-hydrogen) atoms. The minimum atomic E-state index is -0.331. The van der Waals surface area contributed by atoms with Gasteiger partial charge in [0.05, 0.1) is 24.1 Å².